The van der Waals surface area contributed by atoms with Crippen molar-refractivity contribution in [3.05, 3.63) is 58.2 Å². The number of nitrogens with one attached hydrogen (secondary N) is 2. The largest absolute Gasteiger partial charge is 0.464 e. The summed E-state index contributed by atoms with van der Waals surface area (Å²) in [6.45, 7) is 6.81. The number of morpholine rings is 1. The Hall–Kier alpha value is -5.52. The Bertz CT molecular complexity index is 2980. The lowest BCUT2D eigenvalue weighted by molar-refractivity contribution is -0.198. The van der Waals surface area contributed by atoms with Gasteiger partial charge in [0.25, 0.3) is 5.91 Å². The van der Waals surface area contributed by atoms with E-state index in [2.05, 4.69) is 20.6 Å². The molecule has 3 aromatic heterocycles. The number of pyridine rings is 1. The Morgan fingerprint density at radius 1 is 1.03 bits per heavy atom. The molecule has 5 aliphatic heterocycles. The fourth-order valence-corrected chi connectivity index (χ4v) is 14.0. The summed E-state index contributed by atoms with van der Waals surface area (Å²) in [5.74, 6) is -0.844. The number of hydrazine groups is 1. The van der Waals surface area contributed by atoms with Crippen LogP contribution in [0.3, 0.4) is 0 Å². The number of benzene rings is 1. The lowest BCUT2D eigenvalue weighted by Crippen LogP contribution is -2.73. The average Bonchev–Trinajstić information content (AvgIpc) is 4.12. The zero-order valence-electron chi connectivity index (χ0n) is 46.0. The number of hydrogen-bond donors (Lipinski definition) is 2. The molecule has 6 fully saturated rings. The molecule has 4 saturated heterocycles. The molecule has 0 radical (unpaired) electrons. The number of aromatic nitrogens is 3. The first-order valence-corrected chi connectivity index (χ1v) is 28.9. The van der Waals surface area contributed by atoms with Gasteiger partial charge >= 0.3 is 12.1 Å². The van der Waals surface area contributed by atoms with Crippen LogP contribution in [0.4, 0.5) is 13.2 Å². The molecular formula is C57H73F3N10O8S. The molecule has 4 aromatic rings. The molecule has 4 amide bonds. The molecule has 426 valence electrons. The Kier molecular flexibility index (Phi) is 15.3. The van der Waals surface area contributed by atoms with Crippen molar-refractivity contribution >= 4 is 51.8 Å². The van der Waals surface area contributed by atoms with Gasteiger partial charge in [-0.25, -0.2) is 10.4 Å². The van der Waals surface area contributed by atoms with Gasteiger partial charge in [0, 0.05) is 92.3 Å². The van der Waals surface area contributed by atoms with E-state index < -0.39 is 59.8 Å². The summed E-state index contributed by atoms with van der Waals surface area (Å²) >= 11 is 1.32. The summed E-state index contributed by atoms with van der Waals surface area (Å²) in [4.78, 5) is 88.3. The molecule has 2 saturated carbocycles. The molecule has 2 N–H and O–H groups in total. The third kappa shape index (κ3) is 11.4. The number of rotatable bonds is 12. The zero-order valence-corrected chi connectivity index (χ0v) is 46.8. The number of alkyl halides is 3. The molecule has 1 aromatic carbocycles. The highest BCUT2D eigenvalue weighted by Crippen LogP contribution is 2.49. The molecule has 11 rings (SSSR count). The first-order valence-electron chi connectivity index (χ1n) is 28.0. The van der Waals surface area contributed by atoms with Gasteiger partial charge in [0.05, 0.1) is 67.1 Å². The summed E-state index contributed by atoms with van der Waals surface area (Å²) in [7, 11) is 4.98. The number of carbonyl (C=O) groups excluding carboxylic acids is 5. The smallest absolute Gasteiger partial charge is 0.406 e. The van der Waals surface area contributed by atoms with Crippen LogP contribution in [-0.2, 0) is 57.6 Å². The summed E-state index contributed by atoms with van der Waals surface area (Å²) in [5.41, 5.74) is 5.18. The standard InChI is InChI=1S/C57H73F3N10O8S/c1-33(76-6)46-37(13-9-19-61-46)49-39-25-55(2,3)32-77-54(75)40-14-10-20-70(64-40)52(73)41(24-44-62-42(27-79-44)36-17-18-43(38(39)23-36)69(49)31-57(58,59)60)63-51(72)48(34-11-7-8-12-34)66-21-22-78-56(28-66)29-67(30-56)53(74)50-47(35-15-16-35)68(50)26-45(71)65(4)5/h9,13,17-19,23,27,33-35,40-41,47-48,50,64H,7-8,10-12,14-16,20-22,24-26,28-32H2,1-6H3,(H,63,72)/t33-,40-,41-,47+,48-,50+,68?/m0/s1. The number of esters is 1. The van der Waals surface area contributed by atoms with Crippen molar-refractivity contribution in [1.29, 1.82) is 0 Å². The van der Waals surface area contributed by atoms with Crippen LogP contribution >= 0.6 is 11.3 Å². The second-order valence-corrected chi connectivity index (χ2v) is 25.1. The topological polar surface area (TPSA) is 184 Å². The second kappa shape index (κ2) is 21.8. The van der Waals surface area contributed by atoms with Gasteiger partial charge in [0.1, 0.15) is 30.3 Å². The minimum Gasteiger partial charge on any atom is -0.464 e. The number of hydrogen-bond acceptors (Lipinski definition) is 14. The summed E-state index contributed by atoms with van der Waals surface area (Å²) in [6, 6.07) is 5.97. The van der Waals surface area contributed by atoms with Crippen LogP contribution in [-0.4, -0.2) is 184 Å². The zero-order chi connectivity index (χ0) is 55.7. The number of thiazole rings is 1. The number of likely N-dealkylation sites (N-methyl/N-ethyl adjacent to an activating group) is 1. The number of nitrogens with zero attached hydrogens (tertiary/aromatic N) is 8. The molecule has 22 heteroatoms. The van der Waals surface area contributed by atoms with Crippen LogP contribution in [0.5, 0.6) is 0 Å². The second-order valence-electron chi connectivity index (χ2n) is 24.1. The quantitative estimate of drug-likeness (QED) is 0.129. The third-order valence-corrected chi connectivity index (χ3v) is 18.3. The summed E-state index contributed by atoms with van der Waals surface area (Å²) in [5, 5.41) is 7.63. The van der Waals surface area contributed by atoms with Crippen LogP contribution in [0.2, 0.25) is 0 Å². The molecule has 2 aliphatic carbocycles. The Morgan fingerprint density at radius 3 is 2.52 bits per heavy atom. The number of cyclic esters (lactones) is 1. The lowest BCUT2D eigenvalue weighted by atomic mass is 9.84. The van der Waals surface area contributed by atoms with Crippen molar-refractivity contribution in [3.8, 4) is 22.5 Å². The maximum Gasteiger partial charge on any atom is 0.406 e. The predicted octanol–water partition coefficient (Wildman–Crippen LogP) is 5.77. The molecule has 7 aliphatic rings. The van der Waals surface area contributed by atoms with Gasteiger partial charge in [-0.3, -0.25) is 43.8 Å². The van der Waals surface area contributed by atoms with E-state index in [1.54, 1.807) is 56.4 Å². The maximum absolute atomic E-state index is 15.2. The van der Waals surface area contributed by atoms with Crippen molar-refractivity contribution in [2.45, 2.75) is 140 Å². The van der Waals surface area contributed by atoms with Gasteiger partial charge in [-0.05, 0) is 93.5 Å². The van der Waals surface area contributed by atoms with Gasteiger partial charge in [0.2, 0.25) is 17.7 Å². The van der Waals surface area contributed by atoms with Crippen LogP contribution in [0, 0.1) is 17.3 Å². The van der Waals surface area contributed by atoms with E-state index >= 15 is 4.79 Å². The maximum atomic E-state index is 15.2. The number of methoxy groups -OCH3 is 1. The van der Waals surface area contributed by atoms with E-state index in [4.69, 9.17) is 19.2 Å². The number of ether oxygens (including phenoxy) is 3. The summed E-state index contributed by atoms with van der Waals surface area (Å²) in [6.07, 6.45) is 3.30. The lowest BCUT2D eigenvalue weighted by Gasteiger charge is -2.55. The van der Waals surface area contributed by atoms with Crippen LogP contribution < -0.4 is 10.7 Å². The molecular weight excluding hydrogens is 1040 g/mol. The minimum atomic E-state index is -4.59. The molecule has 7 atom stereocenters. The van der Waals surface area contributed by atoms with Gasteiger partial charge in [-0.1, -0.05) is 32.8 Å². The van der Waals surface area contributed by atoms with E-state index in [-0.39, 0.29) is 68.3 Å². The summed E-state index contributed by atoms with van der Waals surface area (Å²) < 4.78 is 63.9. The number of amides is 4. The Balaban J connectivity index is 0.896. The SMILES string of the molecule is CO[C@@H](C)c1ncccc1-c1c2c3cc(ccc3n1CC(F)(F)F)-c1csc(n1)C[C@H](NC(=O)[C@H](C1CCCC1)N1CCOC3(CN(C(=O)[C@H]4[C@@H](C5CC5)N4CC(=O)N(C)C)C3)C1)C(=O)N1CCC[C@H](N1)C(=O)OCC(C)(C)C2. The van der Waals surface area contributed by atoms with Crippen molar-refractivity contribution in [3.63, 3.8) is 0 Å². The first kappa shape index (κ1) is 55.4. The Morgan fingerprint density at radius 2 is 1.80 bits per heavy atom. The predicted molar refractivity (Wildman–Crippen MR) is 288 cm³/mol. The Labute approximate surface area is 462 Å². The number of halogens is 3. The van der Waals surface area contributed by atoms with Crippen LogP contribution in [0.1, 0.15) is 94.5 Å². The minimum absolute atomic E-state index is 0.0123. The van der Waals surface area contributed by atoms with Gasteiger partial charge < -0.3 is 33.9 Å². The molecule has 18 nitrogen and oxygen atoms in total. The average molecular weight is 1120 g/mol. The van der Waals surface area contributed by atoms with Crippen molar-refractivity contribution in [2.75, 3.05) is 73.7 Å². The van der Waals surface area contributed by atoms with Gasteiger partial charge in [0.15, 0.2) is 0 Å². The fourth-order valence-electron chi connectivity index (χ4n) is 13.1. The van der Waals surface area contributed by atoms with E-state index in [0.717, 1.165) is 38.5 Å². The monoisotopic (exact) mass is 1110 g/mol. The molecule has 8 heterocycles. The molecule has 1 unspecified atom stereocenters. The third-order valence-electron chi connectivity index (χ3n) is 17.4. The van der Waals surface area contributed by atoms with Crippen LogP contribution in [0.25, 0.3) is 33.4 Å². The highest BCUT2D eigenvalue weighted by molar-refractivity contribution is 7.10. The van der Waals surface area contributed by atoms with E-state index in [1.165, 1.54) is 28.0 Å². The van der Waals surface area contributed by atoms with Gasteiger partial charge in [-0.15, -0.1) is 11.3 Å². The van der Waals surface area contributed by atoms with E-state index in [1.807, 2.05) is 35.1 Å². The van der Waals surface area contributed by atoms with E-state index in [9.17, 15) is 32.3 Å². The van der Waals surface area contributed by atoms with Crippen LogP contribution in [0.15, 0.2) is 41.9 Å². The van der Waals surface area contributed by atoms with Crippen molar-refractivity contribution in [2.24, 2.45) is 17.3 Å². The van der Waals surface area contributed by atoms with Crippen molar-refractivity contribution < 1.29 is 51.4 Å². The van der Waals surface area contributed by atoms with Crippen molar-refractivity contribution in [1.82, 2.24) is 49.9 Å². The highest BCUT2D eigenvalue weighted by atomic mass is 32.1. The molecule has 79 heavy (non-hydrogen) atoms. The van der Waals surface area contributed by atoms with E-state index in [0.29, 0.717) is 101 Å². The number of carbonyl (C=O) groups is 5. The molecule has 6 bridgehead atoms. The molecule has 1 spiro atoms. The van der Waals surface area contributed by atoms with Gasteiger partial charge in [-0.2, -0.15) is 13.2 Å². The normalized spacial score (nSPS) is 26.3. The number of likely N-dealkylation sites (tertiary alicyclic amines) is 1. The fraction of sp³-hybridized carbons (Fsp3) is 0.632. The first-order chi connectivity index (χ1) is 37.7. The highest BCUT2D eigenvalue weighted by Gasteiger charge is 2.63. The number of fused-ring (bicyclic) bond motifs is 6.